The molecule has 1 aliphatic carbocycles. The third kappa shape index (κ3) is 3.20. The zero-order valence-corrected chi connectivity index (χ0v) is 10.3. The molecule has 1 fully saturated rings. The fraction of sp³-hybridized carbons (Fsp3) is 0.571. The maximum Gasteiger partial charge on any atom is 0.122 e. The number of para-hydroxylation sites is 1. The van der Waals surface area contributed by atoms with Crippen LogP contribution in [0.3, 0.4) is 0 Å². The Morgan fingerprint density at radius 3 is 2.76 bits per heavy atom. The van der Waals surface area contributed by atoms with Crippen LogP contribution in [0.2, 0.25) is 0 Å². The second-order valence-corrected chi connectivity index (χ2v) is 4.54. The molecule has 0 amide bonds. The van der Waals surface area contributed by atoms with Crippen molar-refractivity contribution in [3.8, 4) is 5.75 Å². The third-order valence-electron chi connectivity index (χ3n) is 3.31. The molecule has 1 aromatic rings. The van der Waals surface area contributed by atoms with E-state index in [1.807, 2.05) is 18.2 Å². The Balaban J connectivity index is 2.05. The normalized spacial score (nSPS) is 23.9. The molecule has 1 N–H and O–H groups in total. The lowest BCUT2D eigenvalue weighted by molar-refractivity contribution is 0.145. The molecule has 0 heterocycles. The van der Waals surface area contributed by atoms with Gasteiger partial charge in [0.05, 0.1) is 12.7 Å². The van der Waals surface area contributed by atoms with Gasteiger partial charge in [-0.3, -0.25) is 0 Å². The van der Waals surface area contributed by atoms with Crippen LogP contribution < -0.4 is 4.74 Å². The van der Waals surface area contributed by atoms with Crippen LogP contribution in [0.25, 0.3) is 0 Å². The molecule has 94 valence electrons. The van der Waals surface area contributed by atoms with Gasteiger partial charge in [0.2, 0.25) is 0 Å². The average Bonchev–Trinajstić information content (AvgIpc) is 2.77. The summed E-state index contributed by atoms with van der Waals surface area (Å²) in [6.45, 7) is 1.17. The first-order valence-corrected chi connectivity index (χ1v) is 6.20. The first-order chi connectivity index (χ1) is 8.31. The summed E-state index contributed by atoms with van der Waals surface area (Å²) in [7, 11) is 1.67. The van der Waals surface area contributed by atoms with Gasteiger partial charge >= 0.3 is 0 Å². The maximum atomic E-state index is 9.61. The standard InChI is InChI=1S/C14H20O3/c1-16-8-9-17-14-5-3-2-4-13(14)11-6-7-12(15)10-11/h2-5,11-12,15H,6-10H2,1H3. The minimum absolute atomic E-state index is 0.146. The number of hydrogen-bond acceptors (Lipinski definition) is 3. The van der Waals surface area contributed by atoms with Gasteiger partial charge in [0.1, 0.15) is 12.4 Å². The third-order valence-corrected chi connectivity index (χ3v) is 3.31. The van der Waals surface area contributed by atoms with Gasteiger partial charge in [-0.1, -0.05) is 18.2 Å². The molecule has 0 radical (unpaired) electrons. The summed E-state index contributed by atoms with van der Waals surface area (Å²) >= 11 is 0. The van der Waals surface area contributed by atoms with Crippen LogP contribution in [-0.4, -0.2) is 31.5 Å². The minimum Gasteiger partial charge on any atom is -0.491 e. The molecule has 1 aromatic carbocycles. The second-order valence-electron chi connectivity index (χ2n) is 4.54. The number of benzene rings is 1. The predicted octanol–water partition coefficient (Wildman–Crippen LogP) is 2.34. The highest BCUT2D eigenvalue weighted by Crippen LogP contribution is 2.38. The van der Waals surface area contributed by atoms with E-state index in [-0.39, 0.29) is 6.10 Å². The second kappa shape index (κ2) is 6.03. The van der Waals surface area contributed by atoms with E-state index in [1.54, 1.807) is 7.11 Å². The van der Waals surface area contributed by atoms with Crippen LogP contribution >= 0.6 is 0 Å². The van der Waals surface area contributed by atoms with Gasteiger partial charge in [-0.2, -0.15) is 0 Å². The summed E-state index contributed by atoms with van der Waals surface area (Å²) in [5, 5.41) is 9.61. The van der Waals surface area contributed by atoms with Gasteiger partial charge < -0.3 is 14.6 Å². The molecule has 17 heavy (non-hydrogen) atoms. The molecule has 0 saturated heterocycles. The van der Waals surface area contributed by atoms with Crippen molar-refractivity contribution in [2.75, 3.05) is 20.3 Å². The van der Waals surface area contributed by atoms with Crippen molar-refractivity contribution in [2.45, 2.75) is 31.3 Å². The smallest absolute Gasteiger partial charge is 0.122 e. The van der Waals surface area contributed by atoms with Crippen LogP contribution in [0.5, 0.6) is 5.75 Å². The van der Waals surface area contributed by atoms with Gasteiger partial charge in [-0.25, -0.2) is 0 Å². The van der Waals surface area contributed by atoms with Crippen molar-refractivity contribution < 1.29 is 14.6 Å². The average molecular weight is 236 g/mol. The van der Waals surface area contributed by atoms with Crippen molar-refractivity contribution in [3.63, 3.8) is 0 Å². The molecule has 2 rings (SSSR count). The number of ether oxygens (including phenoxy) is 2. The lowest BCUT2D eigenvalue weighted by atomic mass is 9.96. The monoisotopic (exact) mass is 236 g/mol. The van der Waals surface area contributed by atoms with Crippen molar-refractivity contribution in [2.24, 2.45) is 0 Å². The van der Waals surface area contributed by atoms with Gasteiger partial charge in [0.25, 0.3) is 0 Å². The van der Waals surface area contributed by atoms with E-state index in [0.717, 1.165) is 25.0 Å². The maximum absolute atomic E-state index is 9.61. The number of hydrogen-bond donors (Lipinski definition) is 1. The van der Waals surface area contributed by atoms with Crippen LogP contribution in [0.4, 0.5) is 0 Å². The molecule has 2 unspecified atom stereocenters. The van der Waals surface area contributed by atoms with Crippen molar-refractivity contribution in [1.82, 2.24) is 0 Å². The zero-order valence-electron chi connectivity index (χ0n) is 10.3. The molecule has 0 spiro atoms. The number of aliphatic hydroxyl groups is 1. The summed E-state index contributed by atoms with van der Waals surface area (Å²) in [5.74, 6) is 1.37. The van der Waals surface area contributed by atoms with Crippen LogP contribution in [0.15, 0.2) is 24.3 Å². The lowest BCUT2D eigenvalue weighted by Crippen LogP contribution is -2.07. The molecule has 1 aliphatic rings. The van der Waals surface area contributed by atoms with Crippen LogP contribution in [0.1, 0.15) is 30.7 Å². The van der Waals surface area contributed by atoms with Gasteiger partial charge in [0.15, 0.2) is 0 Å². The SMILES string of the molecule is COCCOc1ccccc1C1CCC(O)C1. The molecule has 0 aromatic heterocycles. The Hall–Kier alpha value is -1.06. The minimum atomic E-state index is -0.146. The summed E-state index contributed by atoms with van der Waals surface area (Å²) in [6, 6.07) is 8.11. The Morgan fingerprint density at radius 1 is 1.24 bits per heavy atom. The Labute approximate surface area is 102 Å². The van der Waals surface area contributed by atoms with Crippen molar-refractivity contribution >= 4 is 0 Å². The van der Waals surface area contributed by atoms with E-state index in [9.17, 15) is 5.11 Å². The fourth-order valence-corrected chi connectivity index (χ4v) is 2.42. The molecule has 3 heteroatoms. The number of aliphatic hydroxyl groups excluding tert-OH is 1. The molecule has 0 aliphatic heterocycles. The van der Waals surface area contributed by atoms with Gasteiger partial charge in [-0.05, 0) is 36.8 Å². The Kier molecular flexibility index (Phi) is 4.40. The Bertz CT molecular complexity index is 351. The quantitative estimate of drug-likeness (QED) is 0.797. The summed E-state index contributed by atoms with van der Waals surface area (Å²) in [4.78, 5) is 0. The van der Waals surface area contributed by atoms with Crippen LogP contribution in [-0.2, 0) is 4.74 Å². The summed E-state index contributed by atoms with van der Waals surface area (Å²) in [5.41, 5.74) is 1.22. The first kappa shape index (κ1) is 12.4. The highest BCUT2D eigenvalue weighted by atomic mass is 16.5. The largest absolute Gasteiger partial charge is 0.491 e. The van der Waals surface area contributed by atoms with E-state index < -0.39 is 0 Å². The molecule has 0 bridgehead atoms. The van der Waals surface area contributed by atoms with Crippen molar-refractivity contribution in [3.05, 3.63) is 29.8 Å². The van der Waals surface area contributed by atoms with E-state index in [4.69, 9.17) is 9.47 Å². The molecule has 1 saturated carbocycles. The van der Waals surface area contributed by atoms with E-state index in [1.165, 1.54) is 5.56 Å². The lowest BCUT2D eigenvalue weighted by Gasteiger charge is -2.15. The van der Waals surface area contributed by atoms with E-state index in [0.29, 0.717) is 19.1 Å². The Morgan fingerprint density at radius 2 is 2.06 bits per heavy atom. The summed E-state index contributed by atoms with van der Waals surface area (Å²) < 4.78 is 10.7. The number of rotatable bonds is 5. The van der Waals surface area contributed by atoms with E-state index >= 15 is 0 Å². The highest BCUT2D eigenvalue weighted by Gasteiger charge is 2.26. The molecular weight excluding hydrogens is 216 g/mol. The van der Waals surface area contributed by atoms with E-state index in [2.05, 4.69) is 6.07 Å². The highest BCUT2D eigenvalue weighted by molar-refractivity contribution is 5.36. The first-order valence-electron chi connectivity index (χ1n) is 6.20. The zero-order chi connectivity index (χ0) is 12.1. The molecule has 3 nitrogen and oxygen atoms in total. The van der Waals surface area contributed by atoms with Crippen molar-refractivity contribution in [1.29, 1.82) is 0 Å². The van der Waals surface area contributed by atoms with Crippen LogP contribution in [0, 0.1) is 0 Å². The number of methoxy groups -OCH3 is 1. The van der Waals surface area contributed by atoms with Gasteiger partial charge in [0, 0.05) is 7.11 Å². The van der Waals surface area contributed by atoms with Gasteiger partial charge in [-0.15, -0.1) is 0 Å². The summed E-state index contributed by atoms with van der Waals surface area (Å²) in [6.07, 6.45) is 2.65. The molecule has 2 atom stereocenters. The topological polar surface area (TPSA) is 38.7 Å². The fourth-order valence-electron chi connectivity index (χ4n) is 2.42. The molecular formula is C14H20O3. The predicted molar refractivity (Wildman–Crippen MR) is 66.4 cm³/mol.